The molecule has 6 nitrogen and oxygen atoms in total. The summed E-state index contributed by atoms with van der Waals surface area (Å²) in [6.45, 7) is 0.467. The van der Waals surface area contributed by atoms with Crippen molar-refractivity contribution in [3.63, 3.8) is 0 Å². The standard InChI is InChI=1S/C32H24ClN3O3S/c33-24-14-15-29-26(18-24)28-19-27(23-11-5-2-6-12-23)35-36(28)32(39-29)30(40-31(37)34-32)17-22-10-7-13-25(16-22)38-20-21-8-3-1-4-9-21/h1-18,28H,19-20H2,(H,34,37)/b30-17-. The molecule has 0 bridgehead atoms. The maximum Gasteiger partial charge on any atom is 0.314 e. The number of fused-ring (bicyclic) bond motifs is 4. The third kappa shape index (κ3) is 4.51. The van der Waals surface area contributed by atoms with Gasteiger partial charge >= 0.3 is 5.85 Å². The van der Waals surface area contributed by atoms with Crippen LogP contribution in [0, 0.1) is 0 Å². The van der Waals surface area contributed by atoms with Crippen LogP contribution in [-0.2, 0) is 6.61 Å². The Kier molecular flexibility index (Phi) is 6.25. The molecule has 3 aliphatic heterocycles. The molecule has 0 saturated carbocycles. The van der Waals surface area contributed by atoms with E-state index in [0.717, 1.165) is 45.5 Å². The zero-order valence-electron chi connectivity index (χ0n) is 21.3. The maximum absolute atomic E-state index is 13.0. The Bertz CT molecular complexity index is 1660. The zero-order chi connectivity index (χ0) is 27.1. The van der Waals surface area contributed by atoms with E-state index in [0.29, 0.717) is 28.7 Å². The van der Waals surface area contributed by atoms with E-state index in [-0.39, 0.29) is 11.3 Å². The summed E-state index contributed by atoms with van der Waals surface area (Å²) in [5.74, 6) is 0.122. The Balaban J connectivity index is 1.27. The van der Waals surface area contributed by atoms with Gasteiger partial charge in [0.05, 0.1) is 16.7 Å². The lowest BCUT2D eigenvalue weighted by Gasteiger charge is -2.45. The summed E-state index contributed by atoms with van der Waals surface area (Å²) in [4.78, 5) is 13.7. The van der Waals surface area contributed by atoms with Crippen LogP contribution in [0.1, 0.15) is 34.7 Å². The van der Waals surface area contributed by atoms with Crippen LogP contribution in [0.5, 0.6) is 11.5 Å². The summed E-state index contributed by atoms with van der Waals surface area (Å²) in [5, 5.41) is 10.4. The van der Waals surface area contributed by atoms with E-state index in [9.17, 15) is 4.79 Å². The molecule has 198 valence electrons. The van der Waals surface area contributed by atoms with E-state index in [1.807, 2.05) is 108 Å². The third-order valence-corrected chi connectivity index (χ3v) is 8.28. The SMILES string of the molecule is O=C1NC2(Oc3ccc(Cl)cc3C3CC(c4ccccc4)=NN32)/C(=C/c2cccc(OCc3ccccc3)c2)S1. The molecule has 40 heavy (non-hydrogen) atoms. The predicted octanol–water partition coefficient (Wildman–Crippen LogP) is 7.61. The average molecular weight is 566 g/mol. The minimum Gasteiger partial charge on any atom is -0.489 e. The number of thioether (sulfide) groups is 1. The lowest BCUT2D eigenvalue weighted by molar-refractivity contribution is -0.0949. The second-order valence-corrected chi connectivity index (χ2v) is 11.2. The number of rotatable bonds is 5. The van der Waals surface area contributed by atoms with Gasteiger partial charge in [-0.25, -0.2) is 5.01 Å². The highest BCUT2D eigenvalue weighted by molar-refractivity contribution is 8.17. The van der Waals surface area contributed by atoms with Crippen LogP contribution >= 0.6 is 23.4 Å². The topological polar surface area (TPSA) is 63.2 Å². The van der Waals surface area contributed by atoms with Crippen molar-refractivity contribution in [3.8, 4) is 11.5 Å². The van der Waals surface area contributed by atoms with Crippen molar-refractivity contribution in [2.45, 2.75) is 24.9 Å². The molecule has 0 radical (unpaired) electrons. The van der Waals surface area contributed by atoms with E-state index in [4.69, 9.17) is 26.2 Å². The summed E-state index contributed by atoms with van der Waals surface area (Å²) in [6.07, 6.45) is 2.62. The minimum atomic E-state index is -1.29. The number of nitrogens with zero attached hydrogens (tertiary/aromatic N) is 2. The Morgan fingerprint density at radius 2 is 1.82 bits per heavy atom. The summed E-state index contributed by atoms with van der Waals surface area (Å²) >= 11 is 7.52. The molecule has 1 spiro atoms. The largest absolute Gasteiger partial charge is 0.489 e. The number of carbonyl (C=O) groups is 1. The third-order valence-electron chi connectivity index (χ3n) is 7.14. The van der Waals surface area contributed by atoms with Crippen molar-refractivity contribution in [2.24, 2.45) is 5.10 Å². The molecule has 7 rings (SSSR count). The molecule has 1 N–H and O–H groups in total. The highest BCUT2D eigenvalue weighted by Crippen LogP contribution is 2.53. The number of amides is 1. The fourth-order valence-electron chi connectivity index (χ4n) is 5.28. The number of carbonyl (C=O) groups excluding carboxylic acids is 1. The van der Waals surface area contributed by atoms with Crippen LogP contribution in [0.4, 0.5) is 4.79 Å². The molecule has 2 atom stereocenters. The minimum absolute atomic E-state index is 0.166. The lowest BCUT2D eigenvalue weighted by atomic mass is 9.95. The van der Waals surface area contributed by atoms with Crippen molar-refractivity contribution >= 4 is 40.4 Å². The van der Waals surface area contributed by atoms with Gasteiger partial charge in [-0.15, -0.1) is 0 Å². The Labute approximate surface area is 241 Å². The van der Waals surface area contributed by atoms with Crippen molar-refractivity contribution in [2.75, 3.05) is 0 Å². The van der Waals surface area contributed by atoms with Crippen LogP contribution in [-0.4, -0.2) is 21.8 Å². The van der Waals surface area contributed by atoms with Gasteiger partial charge in [-0.3, -0.25) is 10.1 Å². The maximum atomic E-state index is 13.0. The molecule has 4 aromatic carbocycles. The average Bonchev–Trinajstić information content (AvgIpc) is 3.56. The van der Waals surface area contributed by atoms with E-state index in [1.54, 1.807) is 6.07 Å². The first-order valence-electron chi connectivity index (χ1n) is 13.0. The van der Waals surface area contributed by atoms with Gasteiger partial charge in [0, 0.05) is 17.0 Å². The molecule has 3 aliphatic rings. The van der Waals surface area contributed by atoms with Gasteiger partial charge in [0.15, 0.2) is 0 Å². The number of hydrogen-bond donors (Lipinski definition) is 1. The van der Waals surface area contributed by atoms with Gasteiger partial charge < -0.3 is 9.47 Å². The molecule has 2 unspecified atom stereocenters. The number of benzene rings is 4. The fraction of sp³-hybridized carbons (Fsp3) is 0.125. The van der Waals surface area contributed by atoms with Gasteiger partial charge in [-0.2, -0.15) is 5.10 Å². The van der Waals surface area contributed by atoms with Gasteiger partial charge in [0.25, 0.3) is 5.24 Å². The number of hydrogen-bond acceptors (Lipinski definition) is 6. The number of nitrogens with one attached hydrogen (secondary N) is 1. The van der Waals surface area contributed by atoms with Gasteiger partial charge in [0.2, 0.25) is 0 Å². The summed E-state index contributed by atoms with van der Waals surface area (Å²) < 4.78 is 12.7. The molecular weight excluding hydrogens is 542 g/mol. The summed E-state index contributed by atoms with van der Waals surface area (Å²) in [6, 6.07) is 33.3. The van der Waals surface area contributed by atoms with Crippen LogP contribution in [0.25, 0.3) is 6.08 Å². The Hall–Kier alpha value is -4.20. The van der Waals surface area contributed by atoms with Crippen molar-refractivity contribution in [1.29, 1.82) is 0 Å². The number of halogens is 1. The van der Waals surface area contributed by atoms with Gasteiger partial charge in [0.1, 0.15) is 18.1 Å². The van der Waals surface area contributed by atoms with Crippen LogP contribution < -0.4 is 14.8 Å². The Morgan fingerprint density at radius 3 is 2.65 bits per heavy atom. The normalized spacial score (nSPS) is 22.0. The zero-order valence-corrected chi connectivity index (χ0v) is 22.9. The van der Waals surface area contributed by atoms with Crippen LogP contribution in [0.3, 0.4) is 0 Å². The molecular formula is C32H24ClN3O3S. The first-order valence-corrected chi connectivity index (χ1v) is 14.2. The van der Waals surface area contributed by atoms with Crippen molar-refractivity contribution < 1.29 is 14.3 Å². The van der Waals surface area contributed by atoms with E-state index < -0.39 is 5.85 Å². The highest BCUT2D eigenvalue weighted by Gasteiger charge is 2.58. The van der Waals surface area contributed by atoms with Crippen LogP contribution in [0.15, 0.2) is 113 Å². The molecule has 0 aromatic heterocycles. The van der Waals surface area contributed by atoms with Crippen LogP contribution in [0.2, 0.25) is 5.02 Å². The van der Waals surface area contributed by atoms with Crippen molar-refractivity contribution in [3.05, 3.63) is 135 Å². The van der Waals surface area contributed by atoms with E-state index in [1.165, 1.54) is 0 Å². The monoisotopic (exact) mass is 565 g/mol. The smallest absolute Gasteiger partial charge is 0.314 e. The molecule has 1 amide bonds. The summed E-state index contributed by atoms with van der Waals surface area (Å²) in [5.41, 5.74) is 4.87. The number of ether oxygens (including phenoxy) is 2. The number of hydrazone groups is 1. The highest BCUT2D eigenvalue weighted by atomic mass is 35.5. The first-order chi connectivity index (χ1) is 19.6. The molecule has 1 fully saturated rings. The second kappa shape index (κ2) is 10.1. The molecule has 8 heteroatoms. The molecule has 1 saturated heterocycles. The Morgan fingerprint density at radius 1 is 1.02 bits per heavy atom. The molecule has 0 aliphatic carbocycles. The first kappa shape index (κ1) is 24.8. The van der Waals surface area contributed by atoms with E-state index >= 15 is 0 Å². The fourth-order valence-corrected chi connectivity index (χ4v) is 6.37. The molecule has 3 heterocycles. The predicted molar refractivity (Wildman–Crippen MR) is 158 cm³/mol. The van der Waals surface area contributed by atoms with Crippen molar-refractivity contribution in [1.82, 2.24) is 10.3 Å². The quantitative estimate of drug-likeness (QED) is 0.270. The lowest BCUT2D eigenvalue weighted by Crippen LogP contribution is -2.61. The van der Waals surface area contributed by atoms with E-state index in [2.05, 4.69) is 5.32 Å². The summed E-state index contributed by atoms with van der Waals surface area (Å²) in [7, 11) is 0. The van der Waals surface area contributed by atoms with Gasteiger partial charge in [-0.05, 0) is 64.9 Å². The molecule has 4 aromatic rings. The van der Waals surface area contributed by atoms with Gasteiger partial charge in [-0.1, -0.05) is 84.4 Å². The second-order valence-electron chi connectivity index (χ2n) is 9.78.